The molecule has 3 rings (SSSR count). The first-order chi connectivity index (χ1) is 12.8. The van der Waals surface area contributed by atoms with Gasteiger partial charge in [-0.05, 0) is 26.0 Å². The van der Waals surface area contributed by atoms with Crippen LogP contribution in [-0.2, 0) is 16.6 Å². The van der Waals surface area contributed by atoms with Crippen LogP contribution in [0, 0.1) is 5.82 Å². The zero-order chi connectivity index (χ0) is 19.6. The molecule has 0 saturated carbocycles. The summed E-state index contributed by atoms with van der Waals surface area (Å²) in [4.78, 5) is 8.49. The highest BCUT2D eigenvalue weighted by Crippen LogP contribution is 2.29. The van der Waals surface area contributed by atoms with Crippen LogP contribution in [0.1, 0.15) is 30.9 Å². The lowest BCUT2D eigenvalue weighted by Crippen LogP contribution is -2.32. The summed E-state index contributed by atoms with van der Waals surface area (Å²) in [5, 5.41) is 7.80. The van der Waals surface area contributed by atoms with Crippen LogP contribution in [0.4, 0.5) is 14.6 Å². The molecule has 12 heteroatoms. The van der Waals surface area contributed by atoms with Crippen molar-refractivity contribution >= 4 is 27.2 Å². The number of halogens is 2. The lowest BCUT2D eigenvalue weighted by molar-refractivity contribution is 0.301. The molecule has 0 radical (unpaired) electrons. The highest BCUT2D eigenvalue weighted by Gasteiger charge is 2.24. The van der Waals surface area contributed by atoms with Crippen LogP contribution in [0.15, 0.2) is 28.9 Å². The van der Waals surface area contributed by atoms with Crippen molar-refractivity contribution in [3.8, 4) is 10.8 Å². The van der Waals surface area contributed by atoms with E-state index in [0.717, 1.165) is 27.9 Å². The van der Waals surface area contributed by atoms with Crippen molar-refractivity contribution in [1.82, 2.24) is 20.2 Å². The molecular formula is C15H15F2N5O3S2. The molecule has 1 unspecified atom stereocenters. The molecule has 0 saturated heterocycles. The summed E-state index contributed by atoms with van der Waals surface area (Å²) in [6.45, 7) is 2.68. The van der Waals surface area contributed by atoms with Gasteiger partial charge in [-0.1, -0.05) is 0 Å². The van der Waals surface area contributed by atoms with Gasteiger partial charge in [0.2, 0.25) is 10.0 Å². The normalized spacial score (nSPS) is 12.9. The fourth-order valence-corrected chi connectivity index (χ4v) is 4.03. The maximum Gasteiger partial charge on any atom is 0.259 e. The fourth-order valence-electron chi connectivity index (χ4n) is 2.09. The number of aromatic nitrogens is 4. The van der Waals surface area contributed by atoms with E-state index in [1.165, 1.54) is 26.1 Å². The Kier molecular flexibility index (Phi) is 5.46. The Bertz CT molecular complexity index is 1020. The van der Waals surface area contributed by atoms with Gasteiger partial charge in [0.15, 0.2) is 6.17 Å². The van der Waals surface area contributed by atoms with Crippen LogP contribution in [0.3, 0.4) is 0 Å². The van der Waals surface area contributed by atoms with Crippen LogP contribution in [0.5, 0.6) is 0 Å². The van der Waals surface area contributed by atoms with E-state index in [9.17, 15) is 17.2 Å². The Morgan fingerprint density at radius 3 is 2.63 bits per heavy atom. The minimum Gasteiger partial charge on any atom is -0.417 e. The second-order valence-corrected chi connectivity index (χ2v) is 8.72. The maximum atomic E-state index is 13.2. The van der Waals surface area contributed by atoms with Crippen molar-refractivity contribution < 1.29 is 21.6 Å². The summed E-state index contributed by atoms with van der Waals surface area (Å²) < 4.78 is 57.5. The smallest absolute Gasteiger partial charge is 0.259 e. The van der Waals surface area contributed by atoms with Gasteiger partial charge < -0.3 is 4.42 Å². The molecule has 3 heterocycles. The van der Waals surface area contributed by atoms with Crippen LogP contribution in [-0.4, -0.2) is 34.3 Å². The molecule has 0 spiro atoms. The van der Waals surface area contributed by atoms with Crippen molar-refractivity contribution in [2.75, 3.05) is 10.1 Å². The Labute approximate surface area is 158 Å². The van der Waals surface area contributed by atoms with Crippen LogP contribution in [0.2, 0.25) is 0 Å². The van der Waals surface area contributed by atoms with Gasteiger partial charge in [0.1, 0.15) is 21.5 Å². The maximum absolute atomic E-state index is 13.2. The van der Waals surface area contributed by atoms with Gasteiger partial charge in [-0.25, -0.2) is 31.5 Å². The highest BCUT2D eigenvalue weighted by atomic mass is 32.2. The monoisotopic (exact) mass is 415 g/mol. The quantitative estimate of drug-likeness (QED) is 0.584. The third-order valence-electron chi connectivity index (χ3n) is 3.49. The lowest BCUT2D eigenvalue weighted by Gasteiger charge is -2.21. The molecule has 0 bridgehead atoms. The van der Waals surface area contributed by atoms with E-state index in [1.54, 1.807) is 0 Å². The van der Waals surface area contributed by atoms with Gasteiger partial charge in [-0.2, -0.15) is 0 Å². The zero-order valence-electron chi connectivity index (χ0n) is 14.3. The molecule has 8 nitrogen and oxygen atoms in total. The molecule has 0 aliphatic heterocycles. The van der Waals surface area contributed by atoms with E-state index < -0.39 is 22.0 Å². The molecule has 0 aromatic carbocycles. The Hall–Kier alpha value is -2.47. The van der Waals surface area contributed by atoms with Crippen LogP contribution >= 0.6 is 11.3 Å². The number of thiazole rings is 1. The second kappa shape index (κ2) is 7.64. The molecule has 0 N–H and O–H groups in total. The summed E-state index contributed by atoms with van der Waals surface area (Å²) in [7, 11) is -3.67. The summed E-state index contributed by atoms with van der Waals surface area (Å²) in [6, 6.07) is 2.41. The first-order valence-electron chi connectivity index (χ1n) is 7.84. The third kappa shape index (κ3) is 4.27. The summed E-state index contributed by atoms with van der Waals surface area (Å²) in [5.74, 6) is -0.695. The lowest BCUT2D eigenvalue weighted by atomic mass is 10.4. The number of hydrogen-bond acceptors (Lipinski definition) is 8. The average molecular weight is 415 g/mol. The Balaban J connectivity index is 1.88. The zero-order valence-corrected chi connectivity index (χ0v) is 16.0. The largest absolute Gasteiger partial charge is 0.417 e. The molecule has 144 valence electrons. The summed E-state index contributed by atoms with van der Waals surface area (Å²) >= 11 is 1.13. The topological polar surface area (TPSA) is 102 Å². The minimum atomic E-state index is -3.67. The summed E-state index contributed by atoms with van der Waals surface area (Å²) in [5.41, 5.74) is 0. The predicted octanol–water partition coefficient (Wildman–Crippen LogP) is 3.11. The van der Waals surface area contributed by atoms with Crippen molar-refractivity contribution in [2.24, 2.45) is 0 Å². The van der Waals surface area contributed by atoms with Gasteiger partial charge in [0.25, 0.3) is 11.8 Å². The predicted molar refractivity (Wildman–Crippen MR) is 94.8 cm³/mol. The molecule has 27 heavy (non-hydrogen) atoms. The molecular weight excluding hydrogens is 400 g/mol. The van der Waals surface area contributed by atoms with Crippen LogP contribution < -0.4 is 4.31 Å². The molecule has 0 aliphatic carbocycles. The van der Waals surface area contributed by atoms with E-state index in [-0.39, 0.29) is 29.9 Å². The van der Waals surface area contributed by atoms with Crippen LogP contribution in [0.25, 0.3) is 10.8 Å². The number of hydrogen-bond donors (Lipinski definition) is 0. The van der Waals surface area contributed by atoms with Crippen molar-refractivity contribution in [3.05, 3.63) is 41.2 Å². The van der Waals surface area contributed by atoms with E-state index >= 15 is 0 Å². The average Bonchev–Trinajstić information content (AvgIpc) is 3.30. The van der Waals surface area contributed by atoms with Gasteiger partial charge in [-0.3, -0.25) is 0 Å². The number of alkyl halides is 1. The van der Waals surface area contributed by atoms with E-state index in [1.807, 2.05) is 0 Å². The van der Waals surface area contributed by atoms with Gasteiger partial charge in [0.05, 0.1) is 24.7 Å². The number of pyridine rings is 1. The first-order valence-corrected chi connectivity index (χ1v) is 10.3. The van der Waals surface area contributed by atoms with Gasteiger partial charge >= 0.3 is 0 Å². The fraction of sp³-hybridized carbons (Fsp3) is 0.333. The number of nitrogens with zero attached hydrogens (tertiary/aromatic N) is 5. The SMILES string of the molecule is CCS(=O)(=O)N(Cc1ncc(-c2nnc(C(C)F)o2)s1)c1ccc(F)cn1. The molecule has 3 aromatic heterocycles. The molecule has 3 aromatic rings. The van der Waals surface area contributed by atoms with Gasteiger partial charge in [-0.15, -0.1) is 21.5 Å². The minimum absolute atomic E-state index is 0.0846. The third-order valence-corrected chi connectivity index (χ3v) is 6.18. The van der Waals surface area contributed by atoms with E-state index in [4.69, 9.17) is 4.42 Å². The standard InChI is InChI=1S/C15H15F2N5O3S2/c1-3-27(23,24)22(12-5-4-10(17)6-18-12)8-13-19-7-11(26-13)15-21-20-14(25-15)9(2)16/h4-7,9H,3,8H2,1-2H3. The highest BCUT2D eigenvalue weighted by molar-refractivity contribution is 7.92. The van der Waals surface area contributed by atoms with E-state index in [0.29, 0.717) is 9.88 Å². The Morgan fingerprint density at radius 2 is 2.04 bits per heavy atom. The van der Waals surface area contributed by atoms with E-state index in [2.05, 4.69) is 20.2 Å². The Morgan fingerprint density at radius 1 is 1.26 bits per heavy atom. The van der Waals surface area contributed by atoms with Crippen molar-refractivity contribution in [2.45, 2.75) is 26.6 Å². The number of anilines is 1. The molecule has 0 aliphatic rings. The van der Waals surface area contributed by atoms with Crippen molar-refractivity contribution in [1.29, 1.82) is 0 Å². The molecule has 1 atom stereocenters. The second-order valence-electron chi connectivity index (χ2n) is 5.42. The van der Waals surface area contributed by atoms with Crippen molar-refractivity contribution in [3.63, 3.8) is 0 Å². The molecule has 0 fully saturated rings. The number of sulfonamides is 1. The number of rotatable bonds is 7. The van der Waals surface area contributed by atoms with Gasteiger partial charge in [0, 0.05) is 0 Å². The summed E-state index contributed by atoms with van der Waals surface area (Å²) in [6.07, 6.45) is 0.988. The molecule has 0 amide bonds. The first kappa shape index (κ1) is 19.3.